The van der Waals surface area contributed by atoms with Crippen molar-refractivity contribution in [1.29, 1.82) is 0 Å². The van der Waals surface area contributed by atoms with Crippen molar-refractivity contribution in [2.24, 2.45) is 5.73 Å². The summed E-state index contributed by atoms with van der Waals surface area (Å²) in [7, 11) is 1.69. The van der Waals surface area contributed by atoms with Crippen molar-refractivity contribution < 1.29 is 13.6 Å². The minimum absolute atomic E-state index is 0.0946. The second-order valence-corrected chi connectivity index (χ2v) is 6.32. The Bertz CT molecular complexity index is 772. The standard InChI is InChI=1S/C15H17ClN4O3S/c1-20(9-24(22)23)11-4-2-3-10(5-11)7-18-13-6-14(16)19-8-12(13)15(17)21/h2-6,8H,7,9H2,1H3,(H2,17,21)(H,18,19)(H,22,23)/p-1. The Balaban J connectivity index is 2.14. The van der Waals surface area contributed by atoms with Crippen LogP contribution in [-0.4, -0.2) is 32.6 Å². The van der Waals surface area contributed by atoms with Gasteiger partial charge in [0, 0.05) is 25.5 Å². The maximum absolute atomic E-state index is 11.4. The van der Waals surface area contributed by atoms with Crippen molar-refractivity contribution in [3.63, 3.8) is 0 Å². The van der Waals surface area contributed by atoms with E-state index < -0.39 is 17.0 Å². The third-order valence-electron chi connectivity index (χ3n) is 3.27. The first-order valence-electron chi connectivity index (χ1n) is 6.92. The number of nitrogens with zero attached hydrogens (tertiary/aromatic N) is 2. The van der Waals surface area contributed by atoms with Gasteiger partial charge in [0.2, 0.25) is 0 Å². The molecule has 2 aromatic rings. The largest absolute Gasteiger partial charge is 0.771 e. The quantitative estimate of drug-likeness (QED) is 0.569. The van der Waals surface area contributed by atoms with Crippen molar-refractivity contribution in [1.82, 2.24) is 4.98 Å². The highest BCUT2D eigenvalue weighted by molar-refractivity contribution is 7.79. The summed E-state index contributed by atoms with van der Waals surface area (Å²) in [6, 6.07) is 8.90. The van der Waals surface area contributed by atoms with Crippen molar-refractivity contribution in [3.8, 4) is 0 Å². The Labute approximate surface area is 147 Å². The molecule has 0 saturated heterocycles. The van der Waals surface area contributed by atoms with E-state index >= 15 is 0 Å². The number of rotatable bonds is 7. The van der Waals surface area contributed by atoms with Gasteiger partial charge < -0.3 is 20.5 Å². The van der Waals surface area contributed by atoms with Crippen LogP contribution in [0.2, 0.25) is 5.15 Å². The number of pyridine rings is 1. The summed E-state index contributed by atoms with van der Waals surface area (Å²) >= 11 is 3.69. The predicted molar refractivity (Wildman–Crippen MR) is 93.7 cm³/mol. The first-order chi connectivity index (χ1) is 11.4. The van der Waals surface area contributed by atoms with Crippen LogP contribution in [0.1, 0.15) is 15.9 Å². The number of carbonyl (C=O) groups excluding carboxylic acids is 1. The first-order valence-corrected chi connectivity index (χ1v) is 8.54. The number of hydrogen-bond acceptors (Lipinski definition) is 6. The fourth-order valence-corrected chi connectivity index (χ4v) is 2.73. The number of nitrogens with one attached hydrogen (secondary N) is 1. The Morgan fingerprint density at radius 1 is 1.46 bits per heavy atom. The van der Waals surface area contributed by atoms with Gasteiger partial charge in [-0.25, -0.2) is 4.98 Å². The molecule has 3 N–H and O–H groups in total. The number of primary amides is 1. The summed E-state index contributed by atoms with van der Waals surface area (Å²) in [6.45, 7) is 0.406. The number of benzene rings is 1. The molecule has 24 heavy (non-hydrogen) atoms. The van der Waals surface area contributed by atoms with E-state index in [1.165, 1.54) is 12.3 Å². The number of hydrogen-bond donors (Lipinski definition) is 2. The van der Waals surface area contributed by atoms with E-state index in [1.54, 1.807) is 11.9 Å². The summed E-state index contributed by atoms with van der Waals surface area (Å²) in [6.07, 6.45) is 1.32. The number of halogens is 1. The molecular formula is C15H16ClN4O3S-. The minimum atomic E-state index is -2.16. The normalized spacial score (nSPS) is 11.8. The van der Waals surface area contributed by atoms with Gasteiger partial charge in [-0.3, -0.25) is 9.00 Å². The molecule has 0 spiro atoms. The molecule has 1 aromatic heterocycles. The zero-order valence-corrected chi connectivity index (χ0v) is 14.4. The molecule has 7 nitrogen and oxygen atoms in total. The van der Waals surface area contributed by atoms with E-state index in [-0.39, 0.29) is 16.6 Å². The molecule has 0 aliphatic heterocycles. The van der Waals surface area contributed by atoms with Gasteiger partial charge in [0.1, 0.15) is 5.15 Å². The van der Waals surface area contributed by atoms with Crippen molar-refractivity contribution >= 4 is 40.0 Å². The van der Waals surface area contributed by atoms with Crippen LogP contribution in [0, 0.1) is 0 Å². The lowest BCUT2D eigenvalue weighted by Crippen LogP contribution is -2.22. The second kappa shape index (κ2) is 8.09. The predicted octanol–water partition coefficient (Wildman–Crippen LogP) is 1.72. The van der Waals surface area contributed by atoms with Gasteiger partial charge in [-0.15, -0.1) is 0 Å². The molecule has 9 heteroatoms. The molecule has 0 fully saturated rings. The Morgan fingerprint density at radius 2 is 2.21 bits per heavy atom. The highest BCUT2D eigenvalue weighted by atomic mass is 35.5. The van der Waals surface area contributed by atoms with Gasteiger partial charge >= 0.3 is 0 Å². The lowest BCUT2D eigenvalue weighted by atomic mass is 10.1. The van der Waals surface area contributed by atoms with Gasteiger partial charge in [0.15, 0.2) is 0 Å². The topological polar surface area (TPSA) is 111 Å². The van der Waals surface area contributed by atoms with Crippen LogP contribution >= 0.6 is 11.6 Å². The third kappa shape index (κ3) is 4.92. The smallest absolute Gasteiger partial charge is 0.252 e. The molecule has 1 aromatic carbocycles. The summed E-state index contributed by atoms with van der Waals surface area (Å²) in [4.78, 5) is 16.9. The number of carbonyl (C=O) groups is 1. The van der Waals surface area contributed by atoms with Crippen LogP contribution in [0.25, 0.3) is 0 Å². The molecule has 1 heterocycles. The van der Waals surface area contributed by atoms with Crippen LogP contribution in [0.15, 0.2) is 36.5 Å². The molecule has 0 aliphatic rings. The van der Waals surface area contributed by atoms with Crippen molar-refractivity contribution in [3.05, 3.63) is 52.8 Å². The third-order valence-corrected chi connectivity index (χ3v) is 4.07. The zero-order valence-electron chi connectivity index (χ0n) is 12.9. The SMILES string of the molecule is CN(CS(=O)[O-])c1cccc(CNc2cc(Cl)ncc2C(N)=O)c1. The fourth-order valence-electron chi connectivity index (χ4n) is 2.11. The van der Waals surface area contributed by atoms with E-state index in [4.69, 9.17) is 17.3 Å². The monoisotopic (exact) mass is 367 g/mol. The molecule has 1 amide bonds. The van der Waals surface area contributed by atoms with Crippen LogP contribution in [0.4, 0.5) is 11.4 Å². The molecule has 0 saturated carbocycles. The molecule has 128 valence electrons. The molecular weight excluding hydrogens is 352 g/mol. The number of amides is 1. The highest BCUT2D eigenvalue weighted by Gasteiger charge is 2.10. The zero-order chi connectivity index (χ0) is 17.7. The lowest BCUT2D eigenvalue weighted by molar-refractivity contribution is 0.100. The summed E-state index contributed by atoms with van der Waals surface area (Å²) < 4.78 is 21.6. The van der Waals surface area contributed by atoms with Crippen LogP contribution in [0.3, 0.4) is 0 Å². The maximum Gasteiger partial charge on any atom is 0.252 e. The molecule has 2 rings (SSSR count). The molecule has 0 radical (unpaired) electrons. The van der Waals surface area contributed by atoms with E-state index in [2.05, 4.69) is 10.3 Å². The maximum atomic E-state index is 11.4. The Kier molecular flexibility index (Phi) is 6.13. The summed E-state index contributed by atoms with van der Waals surface area (Å²) in [5, 5.41) is 3.34. The summed E-state index contributed by atoms with van der Waals surface area (Å²) in [5.41, 5.74) is 7.72. The lowest BCUT2D eigenvalue weighted by Gasteiger charge is -2.21. The first kappa shape index (κ1) is 18.2. The van der Waals surface area contributed by atoms with Crippen LogP contribution < -0.4 is 16.0 Å². The van der Waals surface area contributed by atoms with Crippen molar-refractivity contribution in [2.75, 3.05) is 23.1 Å². The van der Waals surface area contributed by atoms with Crippen LogP contribution in [-0.2, 0) is 17.6 Å². The molecule has 0 bridgehead atoms. The Hall–Kier alpha value is -2.16. The molecule has 0 aliphatic carbocycles. The average Bonchev–Trinajstić information content (AvgIpc) is 2.52. The molecule has 1 unspecified atom stereocenters. The van der Waals surface area contributed by atoms with Crippen molar-refractivity contribution in [2.45, 2.75) is 6.54 Å². The van der Waals surface area contributed by atoms with Gasteiger partial charge in [0.25, 0.3) is 5.91 Å². The van der Waals surface area contributed by atoms with Gasteiger partial charge in [-0.05, 0) is 34.8 Å². The number of aromatic nitrogens is 1. The van der Waals surface area contributed by atoms with Gasteiger partial charge in [-0.2, -0.15) is 0 Å². The van der Waals surface area contributed by atoms with Gasteiger partial charge in [-0.1, -0.05) is 23.7 Å². The molecule has 1 atom stereocenters. The summed E-state index contributed by atoms with van der Waals surface area (Å²) in [5.74, 6) is -0.698. The van der Waals surface area contributed by atoms with E-state index in [0.717, 1.165) is 11.3 Å². The minimum Gasteiger partial charge on any atom is -0.771 e. The van der Waals surface area contributed by atoms with E-state index in [0.29, 0.717) is 12.2 Å². The average molecular weight is 368 g/mol. The number of anilines is 2. The van der Waals surface area contributed by atoms with E-state index in [1.807, 2.05) is 24.3 Å². The van der Waals surface area contributed by atoms with E-state index in [9.17, 15) is 13.6 Å². The highest BCUT2D eigenvalue weighted by Crippen LogP contribution is 2.20. The van der Waals surface area contributed by atoms with Crippen LogP contribution in [0.5, 0.6) is 0 Å². The fraction of sp³-hybridized carbons (Fsp3) is 0.200. The van der Waals surface area contributed by atoms with Gasteiger partial charge in [0.05, 0.1) is 17.1 Å². The Morgan fingerprint density at radius 3 is 2.88 bits per heavy atom. The second-order valence-electron chi connectivity index (χ2n) is 5.07. The number of nitrogens with two attached hydrogens (primary N) is 1.